The molecule has 2 heterocycles. The lowest BCUT2D eigenvalue weighted by atomic mass is 9.94. The van der Waals surface area contributed by atoms with Gasteiger partial charge in [-0.05, 0) is 55.8 Å². The fraction of sp³-hybridized carbons (Fsp3) is 0.368. The maximum Gasteiger partial charge on any atom is 0.164 e. The largest absolute Gasteiger partial charge is 0.302 e. The second-order valence-corrected chi connectivity index (χ2v) is 6.07. The molecule has 1 aliphatic rings. The molecule has 1 fully saturated rings. The fourth-order valence-corrected chi connectivity index (χ4v) is 3.16. The molecule has 0 amide bonds. The highest BCUT2D eigenvalue weighted by atomic mass is 19.1. The molecule has 1 aromatic carbocycles. The van der Waals surface area contributed by atoms with E-state index < -0.39 is 0 Å². The monoisotopic (exact) mass is 312 g/mol. The van der Waals surface area contributed by atoms with Gasteiger partial charge in [0, 0.05) is 42.9 Å². The first-order valence-electron chi connectivity index (χ1n) is 8.14. The molecule has 0 saturated carbocycles. The molecule has 0 bridgehead atoms. The number of halogens is 1. The minimum absolute atomic E-state index is 0.0740. The third-order valence-corrected chi connectivity index (χ3v) is 4.43. The number of hydrogen-bond acceptors (Lipinski definition) is 3. The van der Waals surface area contributed by atoms with E-state index in [2.05, 4.69) is 16.0 Å². The quantitative estimate of drug-likeness (QED) is 0.790. The van der Waals surface area contributed by atoms with E-state index >= 15 is 0 Å². The molecule has 0 N–H and O–H groups in total. The van der Waals surface area contributed by atoms with Crippen molar-refractivity contribution in [1.82, 2.24) is 9.88 Å². The van der Waals surface area contributed by atoms with Gasteiger partial charge in [-0.3, -0.25) is 9.78 Å². The summed E-state index contributed by atoms with van der Waals surface area (Å²) >= 11 is 0. The molecular formula is C19H21FN2O. The summed E-state index contributed by atoms with van der Waals surface area (Å²) in [4.78, 5) is 19.0. The molecule has 1 saturated heterocycles. The van der Waals surface area contributed by atoms with Gasteiger partial charge < -0.3 is 4.90 Å². The van der Waals surface area contributed by atoms with Crippen molar-refractivity contribution < 1.29 is 9.18 Å². The van der Waals surface area contributed by atoms with Crippen LogP contribution in [0.2, 0.25) is 0 Å². The molecular weight excluding hydrogens is 291 g/mol. The Bertz CT molecular complexity index is 642. The van der Waals surface area contributed by atoms with Crippen molar-refractivity contribution >= 4 is 5.78 Å². The lowest BCUT2D eigenvalue weighted by molar-refractivity contribution is 0.0955. The first kappa shape index (κ1) is 15.8. The van der Waals surface area contributed by atoms with Crippen molar-refractivity contribution in [3.05, 3.63) is 65.7 Å². The van der Waals surface area contributed by atoms with E-state index in [1.165, 1.54) is 12.1 Å². The van der Waals surface area contributed by atoms with Crippen molar-refractivity contribution in [3.63, 3.8) is 0 Å². The average molecular weight is 312 g/mol. The Labute approximate surface area is 136 Å². The van der Waals surface area contributed by atoms with Gasteiger partial charge in [-0.2, -0.15) is 0 Å². The topological polar surface area (TPSA) is 33.2 Å². The fourth-order valence-electron chi connectivity index (χ4n) is 3.16. The van der Waals surface area contributed by atoms with Gasteiger partial charge in [0.1, 0.15) is 5.82 Å². The van der Waals surface area contributed by atoms with Crippen molar-refractivity contribution in [1.29, 1.82) is 0 Å². The lowest BCUT2D eigenvalue weighted by Crippen LogP contribution is -2.36. The number of likely N-dealkylation sites (tertiary alicyclic amines) is 1. The van der Waals surface area contributed by atoms with Crippen LogP contribution in [-0.4, -0.2) is 35.3 Å². The van der Waals surface area contributed by atoms with Crippen LogP contribution in [0.15, 0.2) is 48.7 Å². The van der Waals surface area contributed by atoms with Gasteiger partial charge >= 0.3 is 0 Å². The maximum atomic E-state index is 12.9. The van der Waals surface area contributed by atoms with Crippen LogP contribution in [0.1, 0.15) is 41.2 Å². The van der Waals surface area contributed by atoms with E-state index in [0.29, 0.717) is 17.9 Å². The Morgan fingerprint density at radius 3 is 2.78 bits per heavy atom. The van der Waals surface area contributed by atoms with E-state index in [9.17, 15) is 9.18 Å². The summed E-state index contributed by atoms with van der Waals surface area (Å²) in [5.41, 5.74) is 1.73. The Hall–Kier alpha value is -2.07. The zero-order valence-corrected chi connectivity index (χ0v) is 13.1. The first-order valence-corrected chi connectivity index (χ1v) is 8.14. The molecule has 4 heteroatoms. The predicted octanol–water partition coefficient (Wildman–Crippen LogP) is 3.67. The van der Waals surface area contributed by atoms with Crippen LogP contribution < -0.4 is 0 Å². The molecule has 120 valence electrons. The van der Waals surface area contributed by atoms with Crippen molar-refractivity contribution in [2.45, 2.75) is 25.2 Å². The first-order chi connectivity index (χ1) is 11.2. The summed E-state index contributed by atoms with van der Waals surface area (Å²) in [7, 11) is 0. The zero-order chi connectivity index (χ0) is 16.1. The summed E-state index contributed by atoms with van der Waals surface area (Å²) in [6.45, 7) is 2.73. The van der Waals surface area contributed by atoms with E-state index in [4.69, 9.17) is 0 Å². The molecule has 1 atom stereocenters. The Kier molecular flexibility index (Phi) is 5.13. The summed E-state index contributed by atoms with van der Waals surface area (Å²) in [6.07, 6.45) is 4.60. The maximum absolute atomic E-state index is 12.9. The highest BCUT2D eigenvalue weighted by Crippen LogP contribution is 2.25. The van der Waals surface area contributed by atoms with Gasteiger partial charge in [0.05, 0.1) is 0 Å². The third kappa shape index (κ3) is 4.23. The molecule has 0 radical (unpaired) electrons. The van der Waals surface area contributed by atoms with Gasteiger partial charge in [0.25, 0.3) is 0 Å². The minimum atomic E-state index is -0.309. The van der Waals surface area contributed by atoms with Crippen LogP contribution in [-0.2, 0) is 0 Å². The number of Topliss-reactive ketones (excluding diaryl/α,β-unsaturated/α-hetero) is 1. The van der Waals surface area contributed by atoms with Crippen LogP contribution in [0.5, 0.6) is 0 Å². The number of aromatic nitrogens is 1. The number of hydrogen-bond donors (Lipinski definition) is 0. The SMILES string of the molecule is O=C(CCN1CCCC(c2ccccn2)C1)c1ccc(F)cc1. The van der Waals surface area contributed by atoms with Crippen molar-refractivity contribution in [3.8, 4) is 0 Å². The van der Waals surface area contributed by atoms with Crippen LogP contribution in [0.25, 0.3) is 0 Å². The lowest BCUT2D eigenvalue weighted by Gasteiger charge is -2.32. The number of pyridine rings is 1. The molecule has 1 aromatic heterocycles. The van der Waals surface area contributed by atoms with Gasteiger partial charge in [0.2, 0.25) is 0 Å². The summed E-state index contributed by atoms with van der Waals surface area (Å²) in [5.74, 6) is 0.214. The Balaban J connectivity index is 1.54. The number of ketones is 1. The van der Waals surface area contributed by atoms with Crippen molar-refractivity contribution in [2.75, 3.05) is 19.6 Å². The molecule has 2 aromatic rings. The van der Waals surface area contributed by atoms with E-state index in [-0.39, 0.29) is 11.6 Å². The second kappa shape index (κ2) is 7.47. The molecule has 23 heavy (non-hydrogen) atoms. The normalized spacial score (nSPS) is 18.7. The number of benzene rings is 1. The average Bonchev–Trinajstić information content (AvgIpc) is 2.61. The summed E-state index contributed by atoms with van der Waals surface area (Å²) < 4.78 is 12.9. The van der Waals surface area contributed by atoms with Gasteiger partial charge in [-0.1, -0.05) is 6.07 Å². The van der Waals surface area contributed by atoms with Crippen molar-refractivity contribution in [2.24, 2.45) is 0 Å². The van der Waals surface area contributed by atoms with Gasteiger partial charge in [0.15, 0.2) is 5.78 Å². The number of nitrogens with zero attached hydrogens (tertiary/aromatic N) is 2. The molecule has 0 aliphatic carbocycles. The van der Waals surface area contributed by atoms with Crippen LogP contribution in [0.4, 0.5) is 4.39 Å². The molecule has 1 aliphatic heterocycles. The molecule has 0 spiro atoms. The summed E-state index contributed by atoms with van der Waals surface area (Å²) in [5, 5.41) is 0. The Morgan fingerprint density at radius 2 is 2.04 bits per heavy atom. The molecule has 3 nitrogen and oxygen atoms in total. The zero-order valence-electron chi connectivity index (χ0n) is 13.1. The minimum Gasteiger partial charge on any atom is -0.302 e. The van der Waals surface area contributed by atoms with Gasteiger partial charge in [-0.15, -0.1) is 0 Å². The number of carbonyl (C=O) groups excluding carboxylic acids is 1. The predicted molar refractivity (Wildman–Crippen MR) is 88.0 cm³/mol. The van der Waals surface area contributed by atoms with Crippen LogP contribution >= 0.6 is 0 Å². The summed E-state index contributed by atoms with van der Waals surface area (Å²) in [6, 6.07) is 11.8. The smallest absolute Gasteiger partial charge is 0.164 e. The molecule has 1 unspecified atom stereocenters. The number of carbonyl (C=O) groups is 1. The second-order valence-electron chi connectivity index (χ2n) is 6.07. The standard InChI is InChI=1S/C19H21FN2O/c20-17-8-6-15(7-9-17)19(23)10-13-22-12-3-4-16(14-22)18-5-1-2-11-21-18/h1-2,5-9,11,16H,3-4,10,12-14H2. The number of piperidine rings is 1. The third-order valence-electron chi connectivity index (χ3n) is 4.43. The van der Waals surface area contributed by atoms with Gasteiger partial charge in [-0.25, -0.2) is 4.39 Å². The van der Waals surface area contributed by atoms with E-state index in [1.54, 1.807) is 12.1 Å². The highest BCUT2D eigenvalue weighted by Gasteiger charge is 2.22. The van der Waals surface area contributed by atoms with E-state index in [0.717, 1.165) is 38.2 Å². The molecule has 3 rings (SSSR count). The van der Waals surface area contributed by atoms with E-state index in [1.807, 2.05) is 18.3 Å². The van der Waals surface area contributed by atoms with Crippen LogP contribution in [0.3, 0.4) is 0 Å². The van der Waals surface area contributed by atoms with Crippen LogP contribution in [0, 0.1) is 5.82 Å². The number of rotatable bonds is 5. The highest BCUT2D eigenvalue weighted by molar-refractivity contribution is 5.96. The Morgan fingerprint density at radius 1 is 1.22 bits per heavy atom.